The number of benzene rings is 1. The number of aliphatic hydroxyl groups excluding tert-OH is 2. The van der Waals surface area contributed by atoms with Crippen LogP contribution < -0.4 is 5.73 Å². The van der Waals surface area contributed by atoms with Gasteiger partial charge in [0.1, 0.15) is 11.9 Å². The molecule has 2 atom stereocenters. The molecule has 86 valence electrons. The van der Waals surface area contributed by atoms with E-state index in [4.69, 9.17) is 11.0 Å². The molecule has 0 aliphatic heterocycles. The molecule has 0 aromatic heterocycles. The predicted octanol–water partition coefficient (Wildman–Crippen LogP) is 1.02. The van der Waals surface area contributed by atoms with E-state index >= 15 is 0 Å². The molecular formula is C11H13FN2O2. The van der Waals surface area contributed by atoms with Gasteiger partial charge < -0.3 is 15.9 Å². The molecule has 0 aliphatic carbocycles. The fourth-order valence-electron chi connectivity index (χ4n) is 1.45. The van der Waals surface area contributed by atoms with Crippen molar-refractivity contribution in [3.63, 3.8) is 0 Å². The second kappa shape index (κ2) is 4.92. The maximum atomic E-state index is 13.2. The largest absolute Gasteiger partial charge is 0.396 e. The molecule has 5 heteroatoms. The van der Waals surface area contributed by atoms with Crippen LogP contribution in [0.3, 0.4) is 0 Å². The average Bonchev–Trinajstić information content (AvgIpc) is 2.23. The zero-order valence-corrected chi connectivity index (χ0v) is 8.81. The molecule has 0 amide bonds. The number of halogens is 1. The molecule has 0 spiro atoms. The lowest BCUT2D eigenvalue weighted by Crippen LogP contribution is -2.18. The third-order valence-corrected chi connectivity index (χ3v) is 2.37. The molecule has 0 bridgehead atoms. The molecule has 0 radical (unpaired) electrons. The van der Waals surface area contributed by atoms with Gasteiger partial charge in [-0.25, -0.2) is 4.39 Å². The van der Waals surface area contributed by atoms with Gasteiger partial charge in [-0.3, -0.25) is 0 Å². The van der Waals surface area contributed by atoms with Crippen LogP contribution in [-0.4, -0.2) is 16.3 Å². The minimum Gasteiger partial charge on any atom is -0.396 e. The van der Waals surface area contributed by atoms with Crippen LogP contribution >= 0.6 is 0 Å². The number of hydrogen-bond acceptors (Lipinski definition) is 4. The summed E-state index contributed by atoms with van der Waals surface area (Å²) in [7, 11) is 0. The van der Waals surface area contributed by atoms with Gasteiger partial charge >= 0.3 is 0 Å². The van der Waals surface area contributed by atoms with Crippen LogP contribution in [0.15, 0.2) is 12.1 Å². The van der Waals surface area contributed by atoms with E-state index in [1.807, 2.05) is 0 Å². The molecule has 1 rings (SSSR count). The summed E-state index contributed by atoms with van der Waals surface area (Å²) in [5, 5.41) is 27.5. The Morgan fingerprint density at radius 3 is 2.69 bits per heavy atom. The van der Waals surface area contributed by atoms with Crippen molar-refractivity contribution < 1.29 is 14.6 Å². The maximum Gasteiger partial charge on any atom is 0.146 e. The van der Waals surface area contributed by atoms with Crippen LogP contribution in [0.2, 0.25) is 0 Å². The van der Waals surface area contributed by atoms with Gasteiger partial charge in [0.15, 0.2) is 0 Å². The summed E-state index contributed by atoms with van der Waals surface area (Å²) in [6.07, 6.45) is -2.73. The highest BCUT2D eigenvalue weighted by molar-refractivity contribution is 5.46. The lowest BCUT2D eigenvalue weighted by Gasteiger charge is -2.18. The van der Waals surface area contributed by atoms with E-state index in [0.29, 0.717) is 5.56 Å². The molecule has 1 aromatic carbocycles. The highest BCUT2D eigenvalue weighted by Gasteiger charge is 2.21. The first-order chi connectivity index (χ1) is 7.47. The number of aliphatic hydroxyl groups is 2. The van der Waals surface area contributed by atoms with Crippen molar-refractivity contribution in [1.29, 1.82) is 5.26 Å². The van der Waals surface area contributed by atoms with Crippen molar-refractivity contribution in [3.05, 3.63) is 29.1 Å². The summed E-state index contributed by atoms with van der Waals surface area (Å²) in [5.74, 6) is -0.649. The van der Waals surface area contributed by atoms with Gasteiger partial charge in [0.25, 0.3) is 0 Å². The second-order valence-electron chi connectivity index (χ2n) is 3.60. The predicted molar refractivity (Wildman–Crippen MR) is 56.7 cm³/mol. The fraction of sp³-hybridized carbons (Fsp3) is 0.364. The number of rotatable bonds is 3. The Morgan fingerprint density at radius 2 is 2.12 bits per heavy atom. The SMILES string of the molecule is Cc1cc(N)c(F)cc1C(O)C(O)CC#N. The van der Waals surface area contributed by atoms with Crippen LogP contribution in [0.25, 0.3) is 0 Å². The molecule has 16 heavy (non-hydrogen) atoms. The molecule has 4 nitrogen and oxygen atoms in total. The quantitative estimate of drug-likeness (QED) is 0.669. The Hall–Kier alpha value is -1.64. The zero-order chi connectivity index (χ0) is 12.3. The lowest BCUT2D eigenvalue weighted by atomic mass is 9.97. The Bertz CT molecular complexity index is 429. The van der Waals surface area contributed by atoms with Crippen LogP contribution in [0.1, 0.15) is 23.7 Å². The molecule has 1 aromatic rings. The molecule has 0 saturated heterocycles. The Labute approximate surface area is 92.7 Å². The molecular weight excluding hydrogens is 211 g/mol. The van der Waals surface area contributed by atoms with E-state index in [0.717, 1.165) is 6.07 Å². The lowest BCUT2D eigenvalue weighted by molar-refractivity contribution is 0.0211. The number of nitriles is 1. The minimum absolute atomic E-state index is 0.0109. The van der Waals surface area contributed by atoms with Crippen molar-refractivity contribution in [3.8, 4) is 6.07 Å². The highest BCUT2D eigenvalue weighted by Crippen LogP contribution is 2.25. The van der Waals surface area contributed by atoms with Gasteiger partial charge in [-0.2, -0.15) is 5.26 Å². The smallest absolute Gasteiger partial charge is 0.146 e. The number of nitrogens with zero attached hydrogens (tertiary/aromatic N) is 1. The molecule has 0 saturated carbocycles. The van der Waals surface area contributed by atoms with Crippen LogP contribution in [0.4, 0.5) is 10.1 Å². The molecule has 0 fully saturated rings. The van der Waals surface area contributed by atoms with E-state index in [1.165, 1.54) is 6.07 Å². The van der Waals surface area contributed by atoms with Gasteiger partial charge in [0, 0.05) is 0 Å². The van der Waals surface area contributed by atoms with Crippen molar-refractivity contribution in [2.45, 2.75) is 25.6 Å². The Morgan fingerprint density at radius 1 is 1.50 bits per heavy atom. The third-order valence-electron chi connectivity index (χ3n) is 2.37. The zero-order valence-electron chi connectivity index (χ0n) is 8.81. The van der Waals surface area contributed by atoms with E-state index < -0.39 is 18.0 Å². The number of nitrogen functional groups attached to an aromatic ring is 1. The number of aryl methyl sites for hydroxylation is 1. The molecule has 4 N–H and O–H groups in total. The summed E-state index contributed by atoms with van der Waals surface area (Å²) in [5.41, 5.74) is 6.16. The topological polar surface area (TPSA) is 90.3 Å². The highest BCUT2D eigenvalue weighted by atomic mass is 19.1. The van der Waals surface area contributed by atoms with Crippen LogP contribution in [0.5, 0.6) is 0 Å². The van der Waals surface area contributed by atoms with Crippen LogP contribution in [-0.2, 0) is 0 Å². The van der Waals surface area contributed by atoms with Crippen molar-refractivity contribution in [2.75, 3.05) is 5.73 Å². The normalized spacial score (nSPS) is 14.2. The summed E-state index contributed by atoms with van der Waals surface area (Å²) >= 11 is 0. The minimum atomic E-state index is -1.28. The van der Waals surface area contributed by atoms with Crippen molar-refractivity contribution in [2.24, 2.45) is 0 Å². The first-order valence-electron chi connectivity index (χ1n) is 4.76. The second-order valence-corrected chi connectivity index (χ2v) is 3.60. The fourth-order valence-corrected chi connectivity index (χ4v) is 1.45. The monoisotopic (exact) mass is 224 g/mol. The molecule has 0 heterocycles. The summed E-state index contributed by atoms with van der Waals surface area (Å²) in [6.45, 7) is 1.65. The first kappa shape index (κ1) is 12.4. The van der Waals surface area contributed by atoms with Gasteiger partial charge in [-0.1, -0.05) is 0 Å². The van der Waals surface area contributed by atoms with Gasteiger partial charge in [-0.05, 0) is 30.2 Å². The van der Waals surface area contributed by atoms with Gasteiger partial charge in [0.2, 0.25) is 0 Å². The van der Waals surface area contributed by atoms with Gasteiger partial charge in [-0.15, -0.1) is 0 Å². The summed E-state index contributed by atoms with van der Waals surface area (Å²) in [6, 6.07) is 4.20. The van der Waals surface area contributed by atoms with E-state index in [2.05, 4.69) is 0 Å². The summed E-state index contributed by atoms with van der Waals surface area (Å²) in [4.78, 5) is 0. The number of hydrogen-bond donors (Lipinski definition) is 3. The first-order valence-corrected chi connectivity index (χ1v) is 4.76. The van der Waals surface area contributed by atoms with E-state index in [1.54, 1.807) is 13.0 Å². The van der Waals surface area contributed by atoms with Crippen LogP contribution in [0, 0.1) is 24.1 Å². The Kier molecular flexibility index (Phi) is 3.82. The van der Waals surface area contributed by atoms with Crippen molar-refractivity contribution >= 4 is 5.69 Å². The van der Waals surface area contributed by atoms with E-state index in [9.17, 15) is 14.6 Å². The van der Waals surface area contributed by atoms with E-state index in [-0.39, 0.29) is 17.7 Å². The van der Waals surface area contributed by atoms with Gasteiger partial charge in [0.05, 0.1) is 24.3 Å². The number of nitrogens with two attached hydrogens (primary N) is 1. The van der Waals surface area contributed by atoms with Crippen molar-refractivity contribution in [1.82, 2.24) is 0 Å². The Balaban J connectivity index is 3.04. The molecule has 2 unspecified atom stereocenters. The average molecular weight is 224 g/mol. The summed E-state index contributed by atoms with van der Waals surface area (Å²) < 4.78 is 13.2. The standard InChI is InChI=1S/C11H13FN2O2/c1-6-4-9(14)8(12)5-7(6)11(16)10(15)2-3-13/h4-5,10-11,15-16H,2,14H2,1H3. The number of anilines is 1. The molecule has 0 aliphatic rings. The third kappa shape index (κ3) is 2.48. The maximum absolute atomic E-state index is 13.2.